The van der Waals surface area contributed by atoms with Crippen molar-refractivity contribution in [3.05, 3.63) is 59.0 Å². The monoisotopic (exact) mass is 451 g/mol. The van der Waals surface area contributed by atoms with Crippen LogP contribution in [0.4, 0.5) is 4.39 Å². The molecule has 2 N–H and O–H groups in total. The third kappa shape index (κ3) is 4.01. The van der Waals surface area contributed by atoms with Gasteiger partial charge < -0.3 is 19.5 Å². The van der Waals surface area contributed by atoms with Gasteiger partial charge in [0.2, 0.25) is 0 Å². The number of aryl methyl sites for hydroxylation is 1. The van der Waals surface area contributed by atoms with E-state index in [2.05, 4.69) is 4.57 Å². The fourth-order valence-corrected chi connectivity index (χ4v) is 5.80. The lowest BCUT2D eigenvalue weighted by Gasteiger charge is -2.31. The van der Waals surface area contributed by atoms with Crippen LogP contribution in [0.15, 0.2) is 36.4 Å². The number of fused-ring (bicyclic) bond motifs is 1. The molecular formula is C27H30FNO4. The van der Waals surface area contributed by atoms with Crippen LogP contribution in [0.3, 0.4) is 0 Å². The molecule has 2 heterocycles. The molecule has 0 amide bonds. The van der Waals surface area contributed by atoms with Gasteiger partial charge in [-0.25, -0.2) is 4.39 Å². The molecule has 1 saturated heterocycles. The minimum absolute atomic E-state index is 0.217. The molecule has 0 radical (unpaired) electrons. The van der Waals surface area contributed by atoms with Gasteiger partial charge in [0.05, 0.1) is 11.4 Å². The highest BCUT2D eigenvalue weighted by Gasteiger charge is 2.34. The van der Waals surface area contributed by atoms with Crippen LogP contribution in [-0.2, 0) is 9.53 Å². The minimum atomic E-state index is -0.708. The number of hydrogen-bond donors (Lipinski definition) is 2. The Bertz CT molecular complexity index is 1190. The van der Waals surface area contributed by atoms with E-state index >= 15 is 0 Å². The Hall–Kier alpha value is -2.86. The van der Waals surface area contributed by atoms with Crippen LogP contribution in [-0.4, -0.2) is 34.0 Å². The second-order valence-electron chi connectivity index (χ2n) is 9.54. The Morgan fingerprint density at radius 3 is 2.39 bits per heavy atom. The zero-order chi connectivity index (χ0) is 23.1. The topological polar surface area (TPSA) is 71.7 Å². The number of ether oxygens (including phenoxy) is 1. The summed E-state index contributed by atoms with van der Waals surface area (Å²) in [6.07, 6.45) is 4.75. The Labute approximate surface area is 192 Å². The van der Waals surface area contributed by atoms with Crippen LogP contribution in [0.5, 0.6) is 5.75 Å². The van der Waals surface area contributed by atoms with E-state index < -0.39 is 5.97 Å². The molecule has 0 atom stereocenters. The molecule has 0 bridgehead atoms. The summed E-state index contributed by atoms with van der Waals surface area (Å²) in [4.78, 5) is 11.5. The summed E-state index contributed by atoms with van der Waals surface area (Å²) in [5.41, 5.74) is 4.93. The largest absolute Gasteiger partial charge is 0.508 e. The van der Waals surface area contributed by atoms with Gasteiger partial charge in [0.15, 0.2) is 0 Å². The zero-order valence-electron chi connectivity index (χ0n) is 18.9. The van der Waals surface area contributed by atoms with E-state index in [1.807, 2.05) is 24.3 Å². The molecule has 1 aliphatic heterocycles. The second kappa shape index (κ2) is 8.82. The second-order valence-corrected chi connectivity index (χ2v) is 9.54. The Kier molecular flexibility index (Phi) is 5.87. The van der Waals surface area contributed by atoms with Gasteiger partial charge in [-0.3, -0.25) is 4.79 Å². The van der Waals surface area contributed by atoms with Crippen LogP contribution in [0.1, 0.15) is 67.2 Å². The van der Waals surface area contributed by atoms with E-state index in [-0.39, 0.29) is 29.3 Å². The normalized spacial score (nSPS) is 22.0. The maximum absolute atomic E-state index is 14.1. The van der Waals surface area contributed by atoms with E-state index in [1.54, 1.807) is 13.0 Å². The van der Waals surface area contributed by atoms with Gasteiger partial charge in [-0.1, -0.05) is 0 Å². The number of carbonyl (C=O) groups is 1. The fourth-order valence-electron chi connectivity index (χ4n) is 5.80. The van der Waals surface area contributed by atoms with Gasteiger partial charge in [0, 0.05) is 35.9 Å². The van der Waals surface area contributed by atoms with Crippen molar-refractivity contribution < 1.29 is 24.1 Å². The maximum Gasteiger partial charge on any atom is 0.306 e. The molecule has 2 aliphatic rings. The van der Waals surface area contributed by atoms with Crippen LogP contribution in [0.25, 0.3) is 16.6 Å². The number of phenols is 1. The van der Waals surface area contributed by atoms with Crippen molar-refractivity contribution in [1.29, 1.82) is 0 Å². The predicted molar refractivity (Wildman–Crippen MR) is 125 cm³/mol. The quantitative estimate of drug-likeness (QED) is 0.508. The van der Waals surface area contributed by atoms with Gasteiger partial charge in [0.25, 0.3) is 0 Å². The number of rotatable bonds is 4. The molecular weight excluding hydrogens is 421 g/mol. The number of hydrogen-bond acceptors (Lipinski definition) is 3. The third-order valence-electron chi connectivity index (χ3n) is 7.52. The average Bonchev–Trinajstić information content (AvgIpc) is 3.15. The lowest BCUT2D eigenvalue weighted by Crippen LogP contribution is -2.23. The van der Waals surface area contributed by atoms with Crippen molar-refractivity contribution >= 4 is 16.9 Å². The van der Waals surface area contributed by atoms with Crippen molar-refractivity contribution in [2.45, 2.75) is 57.3 Å². The van der Waals surface area contributed by atoms with E-state index in [0.29, 0.717) is 31.6 Å². The number of aromatic nitrogens is 1. The Balaban J connectivity index is 1.73. The number of benzene rings is 2. The first-order chi connectivity index (χ1) is 15.9. The van der Waals surface area contributed by atoms with Gasteiger partial charge in [-0.05, 0) is 98.9 Å². The predicted octanol–water partition coefficient (Wildman–Crippen LogP) is 6.04. The summed E-state index contributed by atoms with van der Waals surface area (Å²) in [7, 11) is 0. The smallest absolute Gasteiger partial charge is 0.306 e. The van der Waals surface area contributed by atoms with E-state index in [4.69, 9.17) is 4.74 Å². The third-order valence-corrected chi connectivity index (χ3v) is 7.52. The molecule has 174 valence electrons. The van der Waals surface area contributed by atoms with Gasteiger partial charge in [-0.2, -0.15) is 0 Å². The maximum atomic E-state index is 14.1. The van der Waals surface area contributed by atoms with Crippen LogP contribution in [0.2, 0.25) is 0 Å². The van der Waals surface area contributed by atoms with Crippen molar-refractivity contribution in [2.75, 3.05) is 13.2 Å². The summed E-state index contributed by atoms with van der Waals surface area (Å²) in [5.74, 6) is -0.493. The highest BCUT2D eigenvalue weighted by Crippen LogP contribution is 2.47. The number of halogens is 1. The lowest BCUT2D eigenvalue weighted by molar-refractivity contribution is -0.142. The molecule has 1 aromatic heterocycles. The van der Waals surface area contributed by atoms with E-state index in [9.17, 15) is 19.4 Å². The molecule has 0 spiro atoms. The Morgan fingerprint density at radius 1 is 1.00 bits per heavy atom. The highest BCUT2D eigenvalue weighted by molar-refractivity contribution is 5.89. The molecule has 1 saturated carbocycles. The summed E-state index contributed by atoms with van der Waals surface area (Å²) in [5, 5.41) is 20.9. The minimum Gasteiger partial charge on any atom is -0.508 e. The molecule has 0 unspecified atom stereocenters. The molecule has 33 heavy (non-hydrogen) atoms. The molecule has 5 nitrogen and oxygen atoms in total. The first kappa shape index (κ1) is 22.0. The van der Waals surface area contributed by atoms with Crippen LogP contribution >= 0.6 is 0 Å². The Morgan fingerprint density at radius 2 is 1.73 bits per heavy atom. The first-order valence-electron chi connectivity index (χ1n) is 11.9. The highest BCUT2D eigenvalue weighted by atomic mass is 19.1. The molecule has 3 aromatic rings. The fraction of sp³-hybridized carbons (Fsp3) is 0.444. The van der Waals surface area contributed by atoms with Crippen molar-refractivity contribution in [1.82, 2.24) is 4.57 Å². The number of nitrogens with zero attached hydrogens (tertiary/aromatic N) is 1. The standard InChI is InChI=1S/C27H30FNO4/c1-16-14-20(6-8-23(16)28)29-24-9-7-21(30)15-22(24)25(26(29)18-10-12-33-13-11-18)17-2-4-19(5-3-17)27(31)32/h6-9,14-15,17-19,30H,2-5,10-13H2,1H3,(H,31,32)/t17-,19+. The molecule has 1 aliphatic carbocycles. The number of carboxylic acid groups (broad SMARTS) is 1. The summed E-state index contributed by atoms with van der Waals surface area (Å²) >= 11 is 0. The first-order valence-corrected chi connectivity index (χ1v) is 11.9. The van der Waals surface area contributed by atoms with Gasteiger partial charge >= 0.3 is 5.97 Å². The SMILES string of the molecule is Cc1cc(-n2c(C3CCOCC3)c([C@H]3CC[C@@H](C(=O)O)CC3)c3cc(O)ccc32)ccc1F. The lowest BCUT2D eigenvalue weighted by atomic mass is 9.76. The number of carboxylic acids is 1. The number of phenolic OH excluding ortho intramolecular Hbond substituents is 1. The molecule has 6 heteroatoms. The zero-order valence-corrected chi connectivity index (χ0v) is 18.9. The number of aromatic hydroxyl groups is 1. The number of aliphatic carboxylic acids is 1. The van der Waals surface area contributed by atoms with Crippen LogP contribution < -0.4 is 0 Å². The molecule has 5 rings (SSSR count). The van der Waals surface area contributed by atoms with E-state index in [0.717, 1.165) is 42.3 Å². The van der Waals surface area contributed by atoms with Gasteiger partial charge in [-0.15, -0.1) is 0 Å². The summed E-state index contributed by atoms with van der Waals surface area (Å²) < 4.78 is 22.0. The van der Waals surface area contributed by atoms with Crippen LogP contribution in [0, 0.1) is 18.7 Å². The van der Waals surface area contributed by atoms with Crippen molar-refractivity contribution in [2.24, 2.45) is 5.92 Å². The average molecular weight is 452 g/mol. The van der Waals surface area contributed by atoms with Crippen molar-refractivity contribution in [3.63, 3.8) is 0 Å². The summed E-state index contributed by atoms with van der Waals surface area (Å²) in [6, 6.07) is 10.7. The summed E-state index contributed by atoms with van der Waals surface area (Å²) in [6.45, 7) is 3.18. The van der Waals surface area contributed by atoms with E-state index in [1.165, 1.54) is 17.3 Å². The molecule has 2 fully saturated rings. The molecule has 2 aromatic carbocycles. The van der Waals surface area contributed by atoms with Gasteiger partial charge in [0.1, 0.15) is 11.6 Å². The van der Waals surface area contributed by atoms with Crippen molar-refractivity contribution in [3.8, 4) is 11.4 Å².